The normalized spacial score (nSPS) is 11.1. The van der Waals surface area contributed by atoms with Gasteiger partial charge in [-0.15, -0.1) is 0 Å². The van der Waals surface area contributed by atoms with Gasteiger partial charge in [0.25, 0.3) is 0 Å². The number of para-hydroxylation sites is 1. The van der Waals surface area contributed by atoms with E-state index in [1.165, 1.54) is 0 Å². The summed E-state index contributed by atoms with van der Waals surface area (Å²) < 4.78 is 5.29. The first-order valence-electron chi connectivity index (χ1n) is 6.64. The summed E-state index contributed by atoms with van der Waals surface area (Å²) in [6, 6.07) is 10.1. The van der Waals surface area contributed by atoms with Crippen LogP contribution in [0.15, 0.2) is 30.3 Å². The molecule has 0 fully saturated rings. The molecule has 0 atom stereocenters. The highest BCUT2D eigenvalue weighted by Crippen LogP contribution is 2.20. The molecular formula is C15H19ClN2O. The van der Waals surface area contributed by atoms with Crippen molar-refractivity contribution in [2.45, 2.75) is 19.9 Å². The molecule has 4 heteroatoms. The first-order chi connectivity index (χ1) is 9.31. The maximum absolute atomic E-state index is 6.19. The predicted octanol–water partition coefficient (Wildman–Crippen LogP) is 3.40. The van der Waals surface area contributed by atoms with Crippen LogP contribution in [0.5, 0.6) is 0 Å². The van der Waals surface area contributed by atoms with Crippen LogP contribution in [0.1, 0.15) is 18.9 Å². The summed E-state index contributed by atoms with van der Waals surface area (Å²) in [5, 5.41) is 5.06. The molecule has 3 nitrogen and oxygen atoms in total. The first kappa shape index (κ1) is 14.3. The first-order valence-corrected chi connectivity index (χ1v) is 7.01. The van der Waals surface area contributed by atoms with Gasteiger partial charge in [-0.2, -0.15) is 0 Å². The molecule has 0 aliphatic rings. The van der Waals surface area contributed by atoms with Gasteiger partial charge in [0.2, 0.25) is 0 Å². The van der Waals surface area contributed by atoms with Crippen LogP contribution in [0.3, 0.4) is 0 Å². The molecule has 1 aromatic carbocycles. The van der Waals surface area contributed by atoms with E-state index in [-0.39, 0.29) is 0 Å². The third-order valence-corrected chi connectivity index (χ3v) is 3.24. The SMILES string of the molecule is CCOCCCNCc1cc2ccccc2nc1Cl. The lowest BCUT2D eigenvalue weighted by molar-refractivity contribution is 0.144. The molecule has 0 radical (unpaired) electrons. The van der Waals surface area contributed by atoms with Crippen molar-refractivity contribution in [1.82, 2.24) is 10.3 Å². The molecule has 102 valence electrons. The summed E-state index contributed by atoms with van der Waals surface area (Å²) in [5.74, 6) is 0. The molecular weight excluding hydrogens is 260 g/mol. The van der Waals surface area contributed by atoms with Crippen LogP contribution in [0, 0.1) is 0 Å². The molecule has 0 saturated heterocycles. The number of ether oxygens (including phenoxy) is 1. The van der Waals surface area contributed by atoms with Gasteiger partial charge in [0.05, 0.1) is 5.52 Å². The molecule has 1 aromatic heterocycles. The Balaban J connectivity index is 1.91. The van der Waals surface area contributed by atoms with E-state index in [0.717, 1.165) is 49.2 Å². The second-order valence-corrected chi connectivity index (χ2v) is 4.72. The quantitative estimate of drug-likeness (QED) is 0.623. The molecule has 0 amide bonds. The molecule has 0 aliphatic heterocycles. The van der Waals surface area contributed by atoms with Crippen molar-refractivity contribution in [1.29, 1.82) is 0 Å². The zero-order chi connectivity index (χ0) is 13.5. The summed E-state index contributed by atoms with van der Waals surface area (Å²) >= 11 is 6.19. The number of nitrogens with one attached hydrogen (secondary N) is 1. The van der Waals surface area contributed by atoms with Crippen molar-refractivity contribution in [3.8, 4) is 0 Å². The average molecular weight is 279 g/mol. The molecule has 1 heterocycles. The average Bonchev–Trinajstić information content (AvgIpc) is 2.43. The maximum Gasteiger partial charge on any atom is 0.134 e. The molecule has 0 aliphatic carbocycles. The molecule has 2 rings (SSSR count). The fraction of sp³-hybridized carbons (Fsp3) is 0.400. The molecule has 0 spiro atoms. The van der Waals surface area contributed by atoms with E-state index >= 15 is 0 Å². The third kappa shape index (κ3) is 4.16. The van der Waals surface area contributed by atoms with Gasteiger partial charge in [0, 0.05) is 30.7 Å². The summed E-state index contributed by atoms with van der Waals surface area (Å²) in [6.45, 7) is 5.24. The second-order valence-electron chi connectivity index (χ2n) is 4.36. The van der Waals surface area contributed by atoms with E-state index in [4.69, 9.17) is 16.3 Å². The topological polar surface area (TPSA) is 34.1 Å². The van der Waals surface area contributed by atoms with E-state index < -0.39 is 0 Å². The Bertz CT molecular complexity index is 531. The fourth-order valence-corrected chi connectivity index (χ4v) is 2.14. The summed E-state index contributed by atoms with van der Waals surface area (Å²) in [5.41, 5.74) is 1.98. The predicted molar refractivity (Wildman–Crippen MR) is 79.6 cm³/mol. The van der Waals surface area contributed by atoms with Crippen LogP contribution in [0.4, 0.5) is 0 Å². The highest BCUT2D eigenvalue weighted by Gasteiger charge is 2.04. The van der Waals surface area contributed by atoms with E-state index in [0.29, 0.717) is 5.15 Å². The minimum absolute atomic E-state index is 0.580. The van der Waals surface area contributed by atoms with E-state index in [2.05, 4.69) is 22.4 Å². The maximum atomic E-state index is 6.19. The minimum atomic E-state index is 0.580. The lowest BCUT2D eigenvalue weighted by atomic mass is 10.1. The number of benzene rings is 1. The second kappa shape index (κ2) is 7.43. The summed E-state index contributed by atoms with van der Waals surface area (Å²) in [7, 11) is 0. The number of halogens is 1. The van der Waals surface area contributed by atoms with Gasteiger partial charge in [-0.05, 0) is 32.0 Å². The standard InChI is InChI=1S/C15H19ClN2O/c1-2-19-9-5-8-17-11-13-10-12-6-3-4-7-14(12)18-15(13)16/h3-4,6-7,10,17H,2,5,8-9,11H2,1H3. The number of hydrogen-bond acceptors (Lipinski definition) is 3. The number of fused-ring (bicyclic) bond motifs is 1. The number of pyridine rings is 1. The van der Waals surface area contributed by atoms with Crippen LogP contribution in [0.2, 0.25) is 5.15 Å². The van der Waals surface area contributed by atoms with Gasteiger partial charge in [0.1, 0.15) is 5.15 Å². The van der Waals surface area contributed by atoms with Gasteiger partial charge >= 0.3 is 0 Å². The van der Waals surface area contributed by atoms with Crippen LogP contribution in [0.25, 0.3) is 10.9 Å². The van der Waals surface area contributed by atoms with Crippen molar-refractivity contribution < 1.29 is 4.74 Å². The third-order valence-electron chi connectivity index (χ3n) is 2.91. The van der Waals surface area contributed by atoms with Crippen molar-refractivity contribution in [3.05, 3.63) is 41.0 Å². The van der Waals surface area contributed by atoms with Crippen LogP contribution < -0.4 is 5.32 Å². The van der Waals surface area contributed by atoms with Crippen molar-refractivity contribution in [2.75, 3.05) is 19.8 Å². The number of rotatable bonds is 7. The Labute approximate surface area is 118 Å². The largest absolute Gasteiger partial charge is 0.382 e. The van der Waals surface area contributed by atoms with Crippen LogP contribution >= 0.6 is 11.6 Å². The van der Waals surface area contributed by atoms with Gasteiger partial charge in [0.15, 0.2) is 0 Å². The smallest absolute Gasteiger partial charge is 0.134 e. The lowest BCUT2D eigenvalue weighted by Gasteiger charge is -2.08. The summed E-state index contributed by atoms with van der Waals surface area (Å²) in [4.78, 5) is 4.40. The minimum Gasteiger partial charge on any atom is -0.382 e. The van der Waals surface area contributed by atoms with Crippen molar-refractivity contribution >= 4 is 22.5 Å². The molecule has 0 bridgehead atoms. The number of nitrogens with zero attached hydrogens (tertiary/aromatic N) is 1. The number of aromatic nitrogens is 1. The van der Waals surface area contributed by atoms with Crippen LogP contribution in [-0.2, 0) is 11.3 Å². The van der Waals surface area contributed by atoms with E-state index in [1.807, 2.05) is 25.1 Å². The molecule has 0 saturated carbocycles. The Hall–Kier alpha value is -1.16. The van der Waals surface area contributed by atoms with Crippen LogP contribution in [-0.4, -0.2) is 24.7 Å². The highest BCUT2D eigenvalue weighted by molar-refractivity contribution is 6.30. The van der Waals surface area contributed by atoms with Gasteiger partial charge in [-0.25, -0.2) is 4.98 Å². The van der Waals surface area contributed by atoms with Gasteiger partial charge in [-0.1, -0.05) is 29.8 Å². The van der Waals surface area contributed by atoms with Gasteiger partial charge in [-0.3, -0.25) is 0 Å². The Morgan fingerprint density at radius 3 is 3.00 bits per heavy atom. The zero-order valence-electron chi connectivity index (χ0n) is 11.2. The van der Waals surface area contributed by atoms with E-state index in [9.17, 15) is 0 Å². The molecule has 2 aromatic rings. The highest BCUT2D eigenvalue weighted by atomic mass is 35.5. The van der Waals surface area contributed by atoms with Crippen molar-refractivity contribution in [3.63, 3.8) is 0 Å². The molecule has 1 N–H and O–H groups in total. The zero-order valence-corrected chi connectivity index (χ0v) is 11.9. The Morgan fingerprint density at radius 1 is 1.32 bits per heavy atom. The van der Waals surface area contributed by atoms with Crippen molar-refractivity contribution in [2.24, 2.45) is 0 Å². The van der Waals surface area contributed by atoms with Gasteiger partial charge < -0.3 is 10.1 Å². The van der Waals surface area contributed by atoms with E-state index in [1.54, 1.807) is 0 Å². The lowest BCUT2D eigenvalue weighted by Crippen LogP contribution is -2.16. The summed E-state index contributed by atoms with van der Waals surface area (Å²) in [6.07, 6.45) is 1.01. The molecule has 0 unspecified atom stereocenters. The molecule has 19 heavy (non-hydrogen) atoms. The Morgan fingerprint density at radius 2 is 2.16 bits per heavy atom. The number of hydrogen-bond donors (Lipinski definition) is 1. The Kier molecular flexibility index (Phi) is 5.58. The fourth-order valence-electron chi connectivity index (χ4n) is 1.93. The monoisotopic (exact) mass is 278 g/mol.